The van der Waals surface area contributed by atoms with Crippen LogP contribution in [0.15, 0.2) is 0 Å². The van der Waals surface area contributed by atoms with E-state index in [-0.39, 0.29) is 18.6 Å². The second-order valence-electron chi connectivity index (χ2n) is 4.27. The molecule has 4 nitrogen and oxygen atoms in total. The van der Waals surface area contributed by atoms with E-state index in [0.717, 1.165) is 12.8 Å². The van der Waals surface area contributed by atoms with Gasteiger partial charge in [0.15, 0.2) is 0 Å². The Morgan fingerprint density at radius 3 is 2.53 bits per heavy atom. The molecule has 3 N–H and O–H groups in total. The summed E-state index contributed by atoms with van der Waals surface area (Å²) >= 11 is 0. The molecular formula is C11H24N2O2. The second-order valence-corrected chi connectivity index (χ2v) is 4.27. The van der Waals surface area contributed by atoms with E-state index >= 15 is 0 Å². The summed E-state index contributed by atoms with van der Waals surface area (Å²) in [6.45, 7) is 7.62. The fraction of sp³-hybridized carbons (Fsp3) is 0.909. The first-order valence-corrected chi connectivity index (χ1v) is 5.71. The minimum absolute atomic E-state index is 0.00704. The van der Waals surface area contributed by atoms with E-state index in [1.807, 2.05) is 6.92 Å². The summed E-state index contributed by atoms with van der Waals surface area (Å²) in [5.41, 5.74) is 0. The second kappa shape index (κ2) is 8.68. The summed E-state index contributed by atoms with van der Waals surface area (Å²) in [5.74, 6) is 0.465. The van der Waals surface area contributed by atoms with E-state index < -0.39 is 0 Å². The van der Waals surface area contributed by atoms with E-state index in [1.54, 1.807) is 0 Å². The summed E-state index contributed by atoms with van der Waals surface area (Å²) in [4.78, 5) is 11.2. The van der Waals surface area contributed by atoms with Gasteiger partial charge < -0.3 is 15.7 Å². The van der Waals surface area contributed by atoms with Crippen molar-refractivity contribution in [2.24, 2.45) is 5.92 Å². The van der Waals surface area contributed by atoms with Gasteiger partial charge in [0.25, 0.3) is 0 Å². The van der Waals surface area contributed by atoms with Crippen molar-refractivity contribution >= 4 is 5.91 Å². The van der Waals surface area contributed by atoms with Crippen molar-refractivity contribution in [1.82, 2.24) is 10.6 Å². The SMILES string of the molecule is CCCC(O)CNCC(=O)NCC(C)C. The van der Waals surface area contributed by atoms with E-state index in [2.05, 4.69) is 24.5 Å². The van der Waals surface area contributed by atoms with Crippen molar-refractivity contribution in [1.29, 1.82) is 0 Å². The Kier molecular flexibility index (Phi) is 8.33. The van der Waals surface area contributed by atoms with E-state index in [1.165, 1.54) is 0 Å². The summed E-state index contributed by atoms with van der Waals surface area (Å²) in [6.07, 6.45) is 1.40. The van der Waals surface area contributed by atoms with Crippen molar-refractivity contribution < 1.29 is 9.90 Å². The van der Waals surface area contributed by atoms with E-state index in [9.17, 15) is 9.90 Å². The van der Waals surface area contributed by atoms with Gasteiger partial charge in [-0.3, -0.25) is 4.79 Å². The molecule has 0 aromatic carbocycles. The molecule has 0 spiro atoms. The van der Waals surface area contributed by atoms with E-state index in [0.29, 0.717) is 19.0 Å². The molecule has 0 fully saturated rings. The highest BCUT2D eigenvalue weighted by Gasteiger charge is 2.04. The smallest absolute Gasteiger partial charge is 0.233 e. The quantitative estimate of drug-likeness (QED) is 0.554. The Bertz CT molecular complexity index is 172. The lowest BCUT2D eigenvalue weighted by molar-refractivity contribution is -0.120. The molecular weight excluding hydrogens is 192 g/mol. The molecule has 1 atom stereocenters. The number of aliphatic hydroxyl groups is 1. The molecule has 4 heteroatoms. The number of rotatable bonds is 8. The van der Waals surface area contributed by atoms with Gasteiger partial charge in [-0.25, -0.2) is 0 Å². The molecule has 0 radical (unpaired) electrons. The average Bonchev–Trinajstić information content (AvgIpc) is 2.15. The Morgan fingerprint density at radius 1 is 1.33 bits per heavy atom. The molecule has 0 rings (SSSR count). The Labute approximate surface area is 92.4 Å². The first kappa shape index (κ1) is 14.4. The molecule has 0 aromatic rings. The van der Waals surface area contributed by atoms with Crippen molar-refractivity contribution in [2.45, 2.75) is 39.7 Å². The third kappa shape index (κ3) is 9.69. The predicted octanol–water partition coefficient (Wildman–Crippen LogP) is 0.509. The average molecular weight is 216 g/mol. The summed E-state index contributed by atoms with van der Waals surface area (Å²) < 4.78 is 0. The molecule has 0 bridgehead atoms. The lowest BCUT2D eigenvalue weighted by atomic mass is 10.2. The zero-order valence-electron chi connectivity index (χ0n) is 10.0. The van der Waals surface area contributed by atoms with Gasteiger partial charge in [0.1, 0.15) is 0 Å². The molecule has 0 aliphatic carbocycles. The van der Waals surface area contributed by atoms with Crippen LogP contribution >= 0.6 is 0 Å². The molecule has 1 unspecified atom stereocenters. The van der Waals surface area contributed by atoms with Crippen molar-refractivity contribution in [3.63, 3.8) is 0 Å². The summed E-state index contributed by atoms with van der Waals surface area (Å²) in [6, 6.07) is 0. The lowest BCUT2D eigenvalue weighted by Crippen LogP contribution is -2.38. The van der Waals surface area contributed by atoms with Crippen molar-refractivity contribution in [3.8, 4) is 0 Å². The van der Waals surface area contributed by atoms with Crippen LogP contribution in [0.2, 0.25) is 0 Å². The fourth-order valence-electron chi connectivity index (χ4n) is 1.17. The monoisotopic (exact) mass is 216 g/mol. The van der Waals surface area contributed by atoms with Crippen LogP contribution in [-0.4, -0.2) is 36.8 Å². The topological polar surface area (TPSA) is 61.4 Å². The zero-order chi connectivity index (χ0) is 11.7. The van der Waals surface area contributed by atoms with Crippen LogP contribution in [0.25, 0.3) is 0 Å². The maximum absolute atomic E-state index is 11.2. The minimum Gasteiger partial charge on any atom is -0.392 e. The maximum Gasteiger partial charge on any atom is 0.233 e. The fourth-order valence-corrected chi connectivity index (χ4v) is 1.17. The van der Waals surface area contributed by atoms with Crippen LogP contribution in [-0.2, 0) is 4.79 Å². The van der Waals surface area contributed by atoms with Crippen molar-refractivity contribution in [3.05, 3.63) is 0 Å². The molecule has 0 aliphatic heterocycles. The molecule has 1 amide bonds. The highest BCUT2D eigenvalue weighted by Crippen LogP contribution is 1.93. The van der Waals surface area contributed by atoms with Gasteiger partial charge in [-0.2, -0.15) is 0 Å². The van der Waals surface area contributed by atoms with Crippen LogP contribution in [0.1, 0.15) is 33.6 Å². The first-order chi connectivity index (χ1) is 7.06. The number of nitrogens with one attached hydrogen (secondary N) is 2. The lowest BCUT2D eigenvalue weighted by Gasteiger charge is -2.11. The van der Waals surface area contributed by atoms with Crippen LogP contribution < -0.4 is 10.6 Å². The van der Waals surface area contributed by atoms with Gasteiger partial charge in [-0.15, -0.1) is 0 Å². The summed E-state index contributed by atoms with van der Waals surface area (Å²) in [7, 11) is 0. The Morgan fingerprint density at radius 2 is 2.00 bits per heavy atom. The largest absolute Gasteiger partial charge is 0.392 e. The number of carbonyl (C=O) groups excluding carboxylic acids is 1. The molecule has 0 aliphatic rings. The van der Waals surface area contributed by atoms with Gasteiger partial charge in [0.2, 0.25) is 5.91 Å². The van der Waals surface area contributed by atoms with Crippen LogP contribution in [0.5, 0.6) is 0 Å². The molecule has 90 valence electrons. The first-order valence-electron chi connectivity index (χ1n) is 5.71. The highest BCUT2D eigenvalue weighted by molar-refractivity contribution is 5.77. The van der Waals surface area contributed by atoms with E-state index in [4.69, 9.17) is 0 Å². The van der Waals surface area contributed by atoms with Gasteiger partial charge in [0, 0.05) is 13.1 Å². The number of amides is 1. The standard InChI is InChI=1S/C11H24N2O2/c1-4-5-10(14)7-12-8-11(15)13-6-9(2)3/h9-10,12,14H,4-8H2,1-3H3,(H,13,15). The molecule has 0 saturated carbocycles. The molecule has 15 heavy (non-hydrogen) atoms. The van der Waals surface area contributed by atoms with Gasteiger partial charge >= 0.3 is 0 Å². The summed E-state index contributed by atoms with van der Waals surface area (Å²) in [5, 5.41) is 15.1. The van der Waals surface area contributed by atoms with Gasteiger partial charge in [-0.1, -0.05) is 27.2 Å². The third-order valence-electron chi connectivity index (χ3n) is 1.99. The number of aliphatic hydroxyl groups excluding tert-OH is 1. The zero-order valence-corrected chi connectivity index (χ0v) is 10.0. The van der Waals surface area contributed by atoms with Gasteiger partial charge in [0.05, 0.1) is 12.6 Å². The molecule has 0 saturated heterocycles. The maximum atomic E-state index is 11.2. The highest BCUT2D eigenvalue weighted by atomic mass is 16.3. The van der Waals surface area contributed by atoms with Crippen LogP contribution in [0.3, 0.4) is 0 Å². The molecule has 0 heterocycles. The normalized spacial score (nSPS) is 12.9. The number of carbonyl (C=O) groups is 1. The molecule has 0 aromatic heterocycles. The number of hydrogen-bond donors (Lipinski definition) is 3. The third-order valence-corrected chi connectivity index (χ3v) is 1.99. The van der Waals surface area contributed by atoms with Gasteiger partial charge in [-0.05, 0) is 12.3 Å². The number of hydrogen-bond acceptors (Lipinski definition) is 3. The Balaban J connectivity index is 3.38. The Hall–Kier alpha value is -0.610. The van der Waals surface area contributed by atoms with Crippen molar-refractivity contribution in [2.75, 3.05) is 19.6 Å². The van der Waals surface area contributed by atoms with Crippen LogP contribution in [0, 0.1) is 5.92 Å². The van der Waals surface area contributed by atoms with Crippen LogP contribution in [0.4, 0.5) is 0 Å². The predicted molar refractivity (Wildman–Crippen MR) is 61.6 cm³/mol. The minimum atomic E-state index is -0.340.